The average Bonchev–Trinajstić information content (AvgIpc) is 3.52. The Labute approximate surface area is 202 Å². The number of aromatic nitrogens is 2. The van der Waals surface area contributed by atoms with Gasteiger partial charge in [-0.1, -0.05) is 31.3 Å². The number of thiazole rings is 1. The molecule has 1 aliphatic rings. The number of carbonyl (C=O) groups excluding carboxylic acids is 2. The van der Waals surface area contributed by atoms with Gasteiger partial charge in [-0.3, -0.25) is 9.59 Å². The Kier molecular flexibility index (Phi) is 7.38. The van der Waals surface area contributed by atoms with Crippen molar-refractivity contribution in [1.82, 2.24) is 20.2 Å². The van der Waals surface area contributed by atoms with Gasteiger partial charge in [0.2, 0.25) is 11.8 Å². The van der Waals surface area contributed by atoms with E-state index in [-0.39, 0.29) is 29.5 Å². The normalized spacial score (nSPS) is 17.1. The highest BCUT2D eigenvalue weighted by molar-refractivity contribution is 7.22. The van der Waals surface area contributed by atoms with Crippen LogP contribution in [0.2, 0.25) is 0 Å². The van der Waals surface area contributed by atoms with E-state index in [2.05, 4.69) is 44.7 Å². The predicted molar refractivity (Wildman–Crippen MR) is 133 cm³/mol. The van der Waals surface area contributed by atoms with Gasteiger partial charge in [-0.2, -0.15) is 0 Å². The number of nitrogens with zero attached hydrogens (tertiary/aromatic N) is 3. The van der Waals surface area contributed by atoms with E-state index in [1.54, 1.807) is 18.2 Å². The van der Waals surface area contributed by atoms with Crippen LogP contribution in [-0.2, 0) is 9.59 Å². The fourth-order valence-corrected chi connectivity index (χ4v) is 4.62. The van der Waals surface area contributed by atoms with Gasteiger partial charge in [0, 0.05) is 13.1 Å². The zero-order chi connectivity index (χ0) is 24.2. The number of likely N-dealkylation sites (N-methyl/N-ethyl adjacent to an activating group) is 1. The van der Waals surface area contributed by atoms with Crippen LogP contribution in [0.4, 0.5) is 21.0 Å². The summed E-state index contributed by atoms with van der Waals surface area (Å²) in [6.45, 7) is 9.27. The van der Waals surface area contributed by atoms with Gasteiger partial charge >= 0.3 is 0 Å². The zero-order valence-corrected chi connectivity index (χ0v) is 20.3. The fraction of sp³-hybridized carbons (Fsp3) is 0.417. The van der Waals surface area contributed by atoms with E-state index in [4.69, 9.17) is 0 Å². The minimum atomic E-state index is -0.352. The van der Waals surface area contributed by atoms with Crippen LogP contribution >= 0.6 is 11.3 Å². The molecule has 1 aromatic carbocycles. The molecule has 0 aliphatic heterocycles. The van der Waals surface area contributed by atoms with Crippen LogP contribution in [0.15, 0.2) is 30.3 Å². The number of hydrogen-bond acceptors (Lipinski definition) is 7. The molecule has 0 bridgehead atoms. The summed E-state index contributed by atoms with van der Waals surface area (Å²) in [7, 11) is 0. The Morgan fingerprint density at radius 1 is 1.12 bits per heavy atom. The molecule has 1 fully saturated rings. The van der Waals surface area contributed by atoms with Crippen molar-refractivity contribution in [2.45, 2.75) is 27.2 Å². The van der Waals surface area contributed by atoms with Crippen molar-refractivity contribution in [1.29, 1.82) is 0 Å². The molecule has 2 heterocycles. The second kappa shape index (κ2) is 10.4. The first kappa shape index (κ1) is 24.0. The summed E-state index contributed by atoms with van der Waals surface area (Å²) in [6.07, 6.45) is 0.544. The molecule has 10 heteroatoms. The van der Waals surface area contributed by atoms with Crippen molar-refractivity contribution >= 4 is 50.1 Å². The molecule has 0 radical (unpaired) electrons. The number of anilines is 3. The third-order valence-electron chi connectivity index (χ3n) is 5.96. The molecule has 4 rings (SSSR count). The number of fused-ring (bicyclic) bond motifs is 1. The molecule has 2 atom stereocenters. The molecule has 2 unspecified atom stereocenters. The van der Waals surface area contributed by atoms with Crippen LogP contribution in [0.3, 0.4) is 0 Å². The van der Waals surface area contributed by atoms with Crippen molar-refractivity contribution < 1.29 is 14.0 Å². The summed E-state index contributed by atoms with van der Waals surface area (Å²) >= 11 is 1.24. The predicted octanol–water partition coefficient (Wildman–Crippen LogP) is 3.92. The van der Waals surface area contributed by atoms with Gasteiger partial charge in [0.15, 0.2) is 5.13 Å². The molecule has 8 nitrogen and oxygen atoms in total. The Bertz CT molecular complexity index is 1200. The van der Waals surface area contributed by atoms with Crippen molar-refractivity contribution in [2.75, 3.05) is 36.8 Å². The number of hydrogen-bond donors (Lipinski definition) is 3. The molecular weight excluding hydrogens is 455 g/mol. The summed E-state index contributed by atoms with van der Waals surface area (Å²) in [5.41, 5.74) is 1.81. The molecule has 2 amide bonds. The second-order valence-electron chi connectivity index (χ2n) is 8.40. The minimum absolute atomic E-state index is 0.0719. The molecule has 1 aliphatic carbocycles. The highest BCUT2D eigenvalue weighted by Crippen LogP contribution is 2.40. The molecule has 2 aromatic heterocycles. The van der Waals surface area contributed by atoms with E-state index >= 15 is 0 Å². The average molecular weight is 485 g/mol. The molecule has 1 saturated carbocycles. The standard InChI is InChI=1S/C24H29FN6O2S/c1-4-31(5-2)11-10-26-21(32)15-13-16(15)22(33)30-24-28-19-8-9-20(29-23(19)34-24)27-18-7-6-14(3)12-17(18)25/h6-9,12,15-16H,4-5,10-11,13H2,1-3H3,(H,26,32)(H,27,29)(H,28,30,33). The van der Waals surface area contributed by atoms with Crippen LogP contribution in [-0.4, -0.2) is 52.9 Å². The number of amides is 2. The monoisotopic (exact) mass is 484 g/mol. The lowest BCUT2D eigenvalue weighted by Crippen LogP contribution is -2.36. The Hall–Kier alpha value is -3.11. The number of carbonyl (C=O) groups is 2. The van der Waals surface area contributed by atoms with Crippen LogP contribution < -0.4 is 16.0 Å². The van der Waals surface area contributed by atoms with E-state index in [1.807, 2.05) is 13.0 Å². The number of benzene rings is 1. The lowest BCUT2D eigenvalue weighted by molar-refractivity contribution is -0.125. The fourth-order valence-electron chi connectivity index (χ4n) is 3.78. The summed E-state index contributed by atoms with van der Waals surface area (Å²) in [5.74, 6) is -0.768. The van der Waals surface area contributed by atoms with Crippen molar-refractivity contribution in [3.8, 4) is 0 Å². The largest absolute Gasteiger partial charge is 0.355 e. The maximum absolute atomic E-state index is 14.1. The molecular formula is C24H29FN6O2S. The first-order chi connectivity index (χ1) is 16.4. The van der Waals surface area contributed by atoms with Gasteiger partial charge in [-0.05, 0) is 56.3 Å². The molecule has 3 aromatic rings. The molecule has 34 heavy (non-hydrogen) atoms. The topological polar surface area (TPSA) is 99.3 Å². The highest BCUT2D eigenvalue weighted by atomic mass is 32.1. The Balaban J connectivity index is 1.32. The smallest absolute Gasteiger partial charge is 0.230 e. The van der Waals surface area contributed by atoms with Crippen molar-refractivity contribution in [3.63, 3.8) is 0 Å². The third kappa shape index (κ3) is 5.68. The van der Waals surface area contributed by atoms with Gasteiger partial charge in [0.05, 0.1) is 17.5 Å². The van der Waals surface area contributed by atoms with Crippen LogP contribution in [0.1, 0.15) is 25.8 Å². The van der Waals surface area contributed by atoms with E-state index in [9.17, 15) is 14.0 Å². The van der Waals surface area contributed by atoms with Gasteiger partial charge in [-0.25, -0.2) is 14.4 Å². The summed E-state index contributed by atoms with van der Waals surface area (Å²) < 4.78 is 14.1. The maximum Gasteiger partial charge on any atom is 0.230 e. The number of rotatable bonds is 10. The summed E-state index contributed by atoms with van der Waals surface area (Å²) in [6, 6.07) is 8.43. The number of aryl methyl sites for hydroxylation is 1. The number of pyridine rings is 1. The van der Waals surface area contributed by atoms with Gasteiger partial charge in [0.1, 0.15) is 22.0 Å². The Morgan fingerprint density at radius 3 is 2.62 bits per heavy atom. The molecule has 3 N–H and O–H groups in total. The van der Waals surface area contributed by atoms with Gasteiger partial charge in [0.25, 0.3) is 0 Å². The second-order valence-corrected chi connectivity index (χ2v) is 9.38. The van der Waals surface area contributed by atoms with E-state index in [0.717, 1.165) is 25.2 Å². The van der Waals surface area contributed by atoms with E-state index in [0.29, 0.717) is 39.9 Å². The summed E-state index contributed by atoms with van der Waals surface area (Å²) in [4.78, 5) is 36.7. The number of halogens is 1. The lowest BCUT2D eigenvalue weighted by Gasteiger charge is -2.17. The van der Waals surface area contributed by atoms with Gasteiger partial charge in [-0.15, -0.1) is 0 Å². The quantitative estimate of drug-likeness (QED) is 0.404. The Morgan fingerprint density at radius 2 is 1.88 bits per heavy atom. The summed E-state index contributed by atoms with van der Waals surface area (Å²) in [5, 5.41) is 9.15. The highest BCUT2D eigenvalue weighted by Gasteiger charge is 2.48. The number of nitrogens with one attached hydrogen (secondary N) is 3. The SMILES string of the molecule is CCN(CC)CCNC(=O)C1CC1C(=O)Nc1nc2ccc(Nc3ccc(C)cc3F)nc2s1. The van der Waals surface area contributed by atoms with Crippen LogP contribution in [0, 0.1) is 24.6 Å². The van der Waals surface area contributed by atoms with Gasteiger partial charge < -0.3 is 20.9 Å². The molecule has 0 spiro atoms. The van der Waals surface area contributed by atoms with Crippen LogP contribution in [0.5, 0.6) is 0 Å². The van der Waals surface area contributed by atoms with Crippen molar-refractivity contribution in [2.24, 2.45) is 11.8 Å². The zero-order valence-electron chi connectivity index (χ0n) is 19.5. The minimum Gasteiger partial charge on any atom is -0.355 e. The molecule has 180 valence electrons. The first-order valence-electron chi connectivity index (χ1n) is 11.5. The third-order valence-corrected chi connectivity index (χ3v) is 6.84. The lowest BCUT2D eigenvalue weighted by atomic mass is 10.2. The first-order valence-corrected chi connectivity index (χ1v) is 12.3. The van der Waals surface area contributed by atoms with E-state index < -0.39 is 0 Å². The van der Waals surface area contributed by atoms with Crippen molar-refractivity contribution in [3.05, 3.63) is 41.7 Å². The molecule has 0 saturated heterocycles. The van der Waals surface area contributed by atoms with E-state index in [1.165, 1.54) is 17.4 Å². The van der Waals surface area contributed by atoms with Crippen LogP contribution in [0.25, 0.3) is 10.3 Å². The maximum atomic E-state index is 14.1.